The van der Waals surface area contributed by atoms with E-state index in [1.165, 1.54) is 12.1 Å². The zero-order valence-corrected chi connectivity index (χ0v) is 19.8. The molecule has 3 rings (SSSR count). The summed E-state index contributed by atoms with van der Waals surface area (Å²) in [6.07, 6.45) is 0. The molecule has 0 radical (unpaired) electrons. The van der Waals surface area contributed by atoms with Gasteiger partial charge in [-0.25, -0.2) is 9.59 Å². The maximum atomic E-state index is 12.4. The van der Waals surface area contributed by atoms with Crippen molar-refractivity contribution in [1.82, 2.24) is 4.98 Å². The highest BCUT2D eigenvalue weighted by Crippen LogP contribution is 2.27. The van der Waals surface area contributed by atoms with Crippen molar-refractivity contribution < 1.29 is 9.59 Å². The predicted molar refractivity (Wildman–Crippen MR) is 132 cm³/mol. The minimum absolute atomic E-state index is 0.317. The molecule has 0 aliphatic carbocycles. The number of aryl methyl sites for hydroxylation is 2. The van der Waals surface area contributed by atoms with E-state index in [4.69, 9.17) is 46.4 Å². The van der Waals surface area contributed by atoms with Gasteiger partial charge in [0.2, 0.25) is 0 Å². The monoisotopic (exact) mass is 511 g/mol. The van der Waals surface area contributed by atoms with E-state index in [0.717, 1.165) is 0 Å². The van der Waals surface area contributed by atoms with Crippen molar-refractivity contribution in [2.45, 2.75) is 13.8 Å². The van der Waals surface area contributed by atoms with Crippen LogP contribution in [0.1, 0.15) is 11.4 Å². The van der Waals surface area contributed by atoms with Crippen LogP contribution in [0.2, 0.25) is 20.1 Å². The minimum atomic E-state index is -0.511. The van der Waals surface area contributed by atoms with Gasteiger partial charge >= 0.3 is 12.1 Å². The molecule has 1 heterocycles. The fourth-order valence-electron chi connectivity index (χ4n) is 2.70. The molecule has 2 aromatic carbocycles. The Balaban J connectivity index is 1.70. The number of hydrogen-bond acceptors (Lipinski definition) is 3. The van der Waals surface area contributed by atoms with Crippen LogP contribution in [0, 0.1) is 13.8 Å². The van der Waals surface area contributed by atoms with E-state index in [2.05, 4.69) is 26.3 Å². The van der Waals surface area contributed by atoms with Gasteiger partial charge in [-0.15, -0.1) is 0 Å². The van der Waals surface area contributed by atoms with Crippen LogP contribution in [-0.4, -0.2) is 17.0 Å². The van der Waals surface area contributed by atoms with E-state index in [1.54, 1.807) is 44.2 Å². The molecule has 0 saturated heterocycles. The first kappa shape index (κ1) is 23.9. The number of carbonyl (C=O) groups is 2. The molecule has 0 bridgehead atoms. The Morgan fingerprint density at radius 2 is 1.03 bits per heavy atom. The van der Waals surface area contributed by atoms with Crippen LogP contribution < -0.4 is 21.3 Å². The van der Waals surface area contributed by atoms with Gasteiger partial charge in [-0.2, -0.15) is 0 Å². The molecule has 7 nitrogen and oxygen atoms in total. The zero-order chi connectivity index (χ0) is 23.4. The largest absolute Gasteiger partial charge is 0.323 e. The first-order valence-electron chi connectivity index (χ1n) is 9.16. The lowest BCUT2D eigenvalue weighted by Gasteiger charge is -2.15. The van der Waals surface area contributed by atoms with Crippen LogP contribution in [-0.2, 0) is 0 Å². The van der Waals surface area contributed by atoms with Gasteiger partial charge in [0.05, 0.1) is 42.9 Å². The lowest BCUT2D eigenvalue weighted by atomic mass is 10.2. The number of nitrogens with one attached hydrogen (secondary N) is 4. The number of halogens is 4. The molecular weight excluding hydrogens is 496 g/mol. The number of nitrogens with zero attached hydrogens (tertiary/aromatic N) is 1. The summed E-state index contributed by atoms with van der Waals surface area (Å²) in [4.78, 5) is 29.2. The van der Waals surface area contributed by atoms with E-state index in [9.17, 15) is 9.59 Å². The van der Waals surface area contributed by atoms with Gasteiger partial charge in [-0.05, 0) is 56.3 Å². The molecule has 0 aliphatic heterocycles. The van der Waals surface area contributed by atoms with Gasteiger partial charge in [-0.1, -0.05) is 46.4 Å². The molecule has 0 aliphatic rings. The highest BCUT2D eigenvalue weighted by molar-refractivity contribution is 6.42. The smallest absolute Gasteiger partial charge is 0.308 e. The molecule has 32 heavy (non-hydrogen) atoms. The van der Waals surface area contributed by atoms with E-state index < -0.39 is 12.1 Å². The van der Waals surface area contributed by atoms with Gasteiger partial charge in [0.1, 0.15) is 0 Å². The summed E-state index contributed by atoms with van der Waals surface area (Å²) in [5, 5.41) is 12.1. The number of anilines is 4. The summed E-state index contributed by atoms with van der Waals surface area (Å²) < 4.78 is 0. The summed E-state index contributed by atoms with van der Waals surface area (Å²) in [5.41, 5.74) is 2.91. The van der Waals surface area contributed by atoms with Crippen molar-refractivity contribution in [2.75, 3.05) is 21.3 Å². The molecule has 166 valence electrons. The van der Waals surface area contributed by atoms with E-state index in [0.29, 0.717) is 54.2 Å². The Kier molecular flexibility index (Phi) is 7.69. The lowest BCUT2D eigenvalue weighted by molar-refractivity contribution is 0.261. The molecule has 4 amide bonds. The quantitative estimate of drug-likeness (QED) is 0.289. The number of hydrogen-bond donors (Lipinski definition) is 4. The number of amides is 4. The van der Waals surface area contributed by atoms with Crippen LogP contribution in [0.3, 0.4) is 0 Å². The van der Waals surface area contributed by atoms with E-state index >= 15 is 0 Å². The summed E-state index contributed by atoms with van der Waals surface area (Å²) in [6, 6.07) is 10.0. The highest BCUT2D eigenvalue weighted by Gasteiger charge is 2.13. The average Bonchev–Trinajstić information content (AvgIpc) is 2.71. The van der Waals surface area contributed by atoms with Crippen LogP contribution >= 0.6 is 46.4 Å². The van der Waals surface area contributed by atoms with E-state index in [-0.39, 0.29) is 0 Å². The van der Waals surface area contributed by atoms with Crippen LogP contribution in [0.15, 0.2) is 42.5 Å². The predicted octanol–water partition coefficient (Wildman–Crippen LogP) is 7.60. The maximum absolute atomic E-state index is 12.4. The third-order valence-corrected chi connectivity index (χ3v) is 5.73. The fraction of sp³-hybridized carbons (Fsp3) is 0.0952. The van der Waals surface area contributed by atoms with Gasteiger partial charge < -0.3 is 21.3 Å². The van der Waals surface area contributed by atoms with Gasteiger partial charge in [0.25, 0.3) is 0 Å². The summed E-state index contributed by atoms with van der Waals surface area (Å²) in [7, 11) is 0. The summed E-state index contributed by atoms with van der Waals surface area (Å²) >= 11 is 23.7. The Hall–Kier alpha value is -2.71. The third kappa shape index (κ3) is 6.17. The molecular formula is C21H17Cl4N5O2. The number of urea groups is 2. The van der Waals surface area contributed by atoms with Crippen molar-refractivity contribution in [3.05, 3.63) is 73.9 Å². The SMILES string of the molecule is Cc1nc(C)c(NC(=O)Nc2ccc(Cl)c(Cl)c2)cc1NC(=O)Nc1ccc(Cl)c(Cl)c1. The molecule has 0 fully saturated rings. The number of rotatable bonds is 4. The standard InChI is InChI=1S/C21H17Cl4N5O2/c1-10-18(29-20(31)27-12-3-5-14(22)16(24)7-12)9-19(11(2)26-10)30-21(32)28-13-4-6-15(23)17(25)8-13/h3-9H,1-2H3,(H2,27,29,31)(H2,28,30,32). The molecule has 0 atom stereocenters. The Morgan fingerprint density at radius 1 is 0.625 bits per heavy atom. The number of pyridine rings is 1. The zero-order valence-electron chi connectivity index (χ0n) is 16.8. The van der Waals surface area contributed by atoms with Crippen molar-refractivity contribution in [2.24, 2.45) is 0 Å². The highest BCUT2D eigenvalue weighted by atomic mass is 35.5. The average molecular weight is 513 g/mol. The number of benzene rings is 2. The summed E-state index contributed by atoms with van der Waals surface area (Å²) in [5.74, 6) is 0. The van der Waals surface area contributed by atoms with E-state index in [1.807, 2.05) is 0 Å². The first-order valence-corrected chi connectivity index (χ1v) is 10.7. The van der Waals surface area contributed by atoms with Crippen molar-refractivity contribution in [1.29, 1.82) is 0 Å². The topological polar surface area (TPSA) is 95.2 Å². The summed E-state index contributed by atoms with van der Waals surface area (Å²) in [6.45, 7) is 3.47. The molecule has 0 unspecified atom stereocenters. The number of aromatic nitrogens is 1. The second-order valence-corrected chi connectivity index (χ2v) is 8.30. The van der Waals surface area contributed by atoms with Gasteiger partial charge in [0, 0.05) is 11.4 Å². The van der Waals surface area contributed by atoms with Crippen molar-refractivity contribution >= 4 is 81.2 Å². The number of carbonyl (C=O) groups excluding carboxylic acids is 2. The molecule has 1 aromatic heterocycles. The van der Waals surface area contributed by atoms with Crippen molar-refractivity contribution in [3.63, 3.8) is 0 Å². The fourth-order valence-corrected chi connectivity index (χ4v) is 3.29. The first-order chi connectivity index (χ1) is 15.1. The lowest BCUT2D eigenvalue weighted by Crippen LogP contribution is -2.22. The Bertz CT molecular complexity index is 1110. The Labute approximate surface area is 204 Å². The molecule has 4 N–H and O–H groups in total. The molecule has 0 spiro atoms. The second-order valence-electron chi connectivity index (χ2n) is 6.67. The second kappa shape index (κ2) is 10.3. The van der Waals surface area contributed by atoms with Gasteiger partial charge in [-0.3, -0.25) is 4.98 Å². The van der Waals surface area contributed by atoms with Crippen LogP contribution in [0.25, 0.3) is 0 Å². The third-order valence-electron chi connectivity index (χ3n) is 4.26. The van der Waals surface area contributed by atoms with Crippen LogP contribution in [0.4, 0.5) is 32.3 Å². The minimum Gasteiger partial charge on any atom is -0.308 e. The van der Waals surface area contributed by atoms with Crippen LogP contribution in [0.5, 0.6) is 0 Å². The molecule has 11 heteroatoms. The normalized spacial score (nSPS) is 10.4. The molecule has 3 aromatic rings. The van der Waals surface area contributed by atoms with Crippen molar-refractivity contribution in [3.8, 4) is 0 Å². The molecule has 0 saturated carbocycles. The Morgan fingerprint density at radius 3 is 1.41 bits per heavy atom. The van der Waals surface area contributed by atoms with Gasteiger partial charge in [0.15, 0.2) is 0 Å². The maximum Gasteiger partial charge on any atom is 0.323 e.